The smallest absolute Gasteiger partial charge is 0.126 e. The molecule has 0 amide bonds. The van der Waals surface area contributed by atoms with E-state index in [1.165, 1.54) is 6.07 Å². The van der Waals surface area contributed by atoms with Crippen LogP contribution < -0.4 is 0 Å². The summed E-state index contributed by atoms with van der Waals surface area (Å²) >= 11 is 3.34. The van der Waals surface area contributed by atoms with Gasteiger partial charge in [0.05, 0.1) is 0 Å². The van der Waals surface area contributed by atoms with E-state index in [4.69, 9.17) is 6.42 Å². The number of rotatable bonds is 2. The zero-order valence-corrected chi connectivity index (χ0v) is 10.7. The highest BCUT2D eigenvalue weighted by Gasteiger charge is 2.04. The molecule has 0 heterocycles. The zero-order valence-electron chi connectivity index (χ0n) is 9.08. The van der Waals surface area contributed by atoms with Crippen molar-refractivity contribution in [3.8, 4) is 12.3 Å². The van der Waals surface area contributed by atoms with Gasteiger partial charge < -0.3 is 0 Å². The topological polar surface area (TPSA) is 0 Å². The van der Waals surface area contributed by atoms with E-state index in [-0.39, 0.29) is 5.82 Å². The predicted octanol–water partition coefficient (Wildman–Crippen LogP) is 4.16. The van der Waals surface area contributed by atoms with E-state index in [1.54, 1.807) is 12.1 Å². The normalized spacial score (nSPS) is 9.94. The van der Waals surface area contributed by atoms with Crippen LogP contribution in [0, 0.1) is 18.2 Å². The lowest BCUT2D eigenvalue weighted by atomic mass is 10.0. The molecule has 0 nitrogen and oxygen atoms in total. The maximum atomic E-state index is 13.5. The molecular formula is C15H10BrF. The van der Waals surface area contributed by atoms with Crippen molar-refractivity contribution in [2.75, 3.05) is 0 Å². The van der Waals surface area contributed by atoms with E-state index < -0.39 is 0 Å². The molecule has 0 aliphatic heterocycles. The third kappa shape index (κ3) is 2.95. The second kappa shape index (κ2) is 5.16. The van der Waals surface area contributed by atoms with Crippen LogP contribution in [0.15, 0.2) is 46.9 Å². The van der Waals surface area contributed by atoms with Crippen LogP contribution in [-0.4, -0.2) is 0 Å². The Morgan fingerprint density at radius 1 is 1.12 bits per heavy atom. The highest BCUT2D eigenvalue weighted by atomic mass is 79.9. The molecule has 0 radical (unpaired) electrons. The van der Waals surface area contributed by atoms with Crippen LogP contribution in [0.1, 0.15) is 16.7 Å². The summed E-state index contributed by atoms with van der Waals surface area (Å²) in [5, 5.41) is 0. The van der Waals surface area contributed by atoms with Gasteiger partial charge in [-0.05, 0) is 41.5 Å². The molecule has 0 unspecified atom stereocenters. The van der Waals surface area contributed by atoms with Gasteiger partial charge >= 0.3 is 0 Å². The summed E-state index contributed by atoms with van der Waals surface area (Å²) in [7, 11) is 0. The second-order valence-electron chi connectivity index (χ2n) is 3.75. The number of halogens is 2. The molecular weight excluding hydrogens is 279 g/mol. The molecule has 0 bridgehead atoms. The van der Waals surface area contributed by atoms with Crippen molar-refractivity contribution in [3.63, 3.8) is 0 Å². The molecule has 84 valence electrons. The maximum Gasteiger partial charge on any atom is 0.126 e. The molecule has 2 heteroatoms. The Bertz CT molecular complexity index is 564. The Morgan fingerprint density at radius 2 is 1.82 bits per heavy atom. The van der Waals surface area contributed by atoms with Crippen molar-refractivity contribution in [1.82, 2.24) is 0 Å². The van der Waals surface area contributed by atoms with Crippen molar-refractivity contribution in [2.45, 2.75) is 6.42 Å². The number of terminal acetylenes is 1. The maximum absolute atomic E-state index is 13.5. The third-order valence-electron chi connectivity index (χ3n) is 2.52. The largest absolute Gasteiger partial charge is 0.207 e. The Hall–Kier alpha value is -1.59. The van der Waals surface area contributed by atoms with Crippen LogP contribution in [0.2, 0.25) is 0 Å². The summed E-state index contributed by atoms with van der Waals surface area (Å²) in [4.78, 5) is 0. The van der Waals surface area contributed by atoms with Gasteiger partial charge in [-0.3, -0.25) is 0 Å². The van der Waals surface area contributed by atoms with E-state index in [2.05, 4.69) is 21.9 Å². The summed E-state index contributed by atoms with van der Waals surface area (Å²) in [6, 6.07) is 12.5. The molecule has 2 rings (SSSR count). The number of hydrogen-bond donors (Lipinski definition) is 0. The molecule has 0 aliphatic carbocycles. The van der Waals surface area contributed by atoms with Gasteiger partial charge in [-0.2, -0.15) is 0 Å². The van der Waals surface area contributed by atoms with Gasteiger partial charge in [0.2, 0.25) is 0 Å². The van der Waals surface area contributed by atoms with Crippen molar-refractivity contribution in [2.24, 2.45) is 0 Å². The van der Waals surface area contributed by atoms with Crippen LogP contribution >= 0.6 is 15.9 Å². The lowest BCUT2D eigenvalue weighted by molar-refractivity contribution is 0.613. The highest BCUT2D eigenvalue weighted by molar-refractivity contribution is 9.10. The summed E-state index contributed by atoms with van der Waals surface area (Å²) in [5.74, 6) is 2.37. The lowest BCUT2D eigenvalue weighted by Gasteiger charge is -2.04. The van der Waals surface area contributed by atoms with Crippen molar-refractivity contribution < 1.29 is 4.39 Å². The van der Waals surface area contributed by atoms with Crippen molar-refractivity contribution in [1.29, 1.82) is 0 Å². The molecule has 0 saturated carbocycles. The van der Waals surface area contributed by atoms with Crippen molar-refractivity contribution in [3.05, 3.63) is 69.4 Å². The fourth-order valence-corrected chi connectivity index (χ4v) is 2.03. The van der Waals surface area contributed by atoms with Gasteiger partial charge in [0, 0.05) is 16.5 Å². The van der Waals surface area contributed by atoms with Gasteiger partial charge in [-0.15, -0.1) is 6.42 Å². The first-order valence-corrected chi connectivity index (χ1v) is 5.98. The molecule has 17 heavy (non-hydrogen) atoms. The minimum Gasteiger partial charge on any atom is -0.207 e. The van der Waals surface area contributed by atoms with Crippen LogP contribution in [-0.2, 0) is 6.42 Å². The van der Waals surface area contributed by atoms with E-state index in [0.717, 1.165) is 15.6 Å². The highest BCUT2D eigenvalue weighted by Crippen LogP contribution is 2.19. The molecule has 0 aliphatic rings. The van der Waals surface area contributed by atoms with Gasteiger partial charge in [-0.1, -0.05) is 34.0 Å². The molecule has 0 fully saturated rings. The predicted molar refractivity (Wildman–Crippen MR) is 71.3 cm³/mol. The average Bonchev–Trinajstić information content (AvgIpc) is 2.35. The number of hydrogen-bond acceptors (Lipinski definition) is 0. The Morgan fingerprint density at radius 3 is 2.47 bits per heavy atom. The van der Waals surface area contributed by atoms with Gasteiger partial charge in [0.1, 0.15) is 5.82 Å². The summed E-state index contributed by atoms with van der Waals surface area (Å²) in [6.45, 7) is 0. The SMILES string of the molecule is C#Cc1ccc(Cc2cc(Br)ccc2F)cc1. The van der Waals surface area contributed by atoms with Gasteiger partial charge in [0.15, 0.2) is 0 Å². The van der Waals surface area contributed by atoms with E-state index in [9.17, 15) is 4.39 Å². The van der Waals surface area contributed by atoms with E-state index >= 15 is 0 Å². The quantitative estimate of drug-likeness (QED) is 0.728. The molecule has 0 aromatic heterocycles. The lowest BCUT2D eigenvalue weighted by Crippen LogP contribution is -1.92. The molecule has 2 aromatic rings. The number of benzene rings is 2. The molecule has 2 aromatic carbocycles. The van der Waals surface area contributed by atoms with Crippen molar-refractivity contribution >= 4 is 15.9 Å². The standard InChI is InChI=1S/C15H10BrF/c1-2-11-3-5-12(6-4-11)9-13-10-14(16)7-8-15(13)17/h1,3-8,10H,9H2. The van der Waals surface area contributed by atoms with Crippen LogP contribution in [0.3, 0.4) is 0 Å². The Kier molecular flexibility index (Phi) is 3.61. The van der Waals surface area contributed by atoms with Crippen LogP contribution in [0.25, 0.3) is 0 Å². The first kappa shape index (κ1) is 11.9. The zero-order chi connectivity index (χ0) is 12.3. The first-order chi connectivity index (χ1) is 8.19. The summed E-state index contributed by atoms with van der Waals surface area (Å²) < 4.78 is 14.4. The summed E-state index contributed by atoms with van der Waals surface area (Å²) in [6.07, 6.45) is 5.85. The molecule has 0 N–H and O–H groups in total. The fraction of sp³-hybridized carbons (Fsp3) is 0.0667. The van der Waals surface area contributed by atoms with E-state index in [0.29, 0.717) is 12.0 Å². The third-order valence-corrected chi connectivity index (χ3v) is 3.02. The monoisotopic (exact) mass is 288 g/mol. The Labute approximate surface area is 109 Å². The minimum atomic E-state index is -0.186. The average molecular weight is 289 g/mol. The second-order valence-corrected chi connectivity index (χ2v) is 4.67. The van der Waals surface area contributed by atoms with Gasteiger partial charge in [0.25, 0.3) is 0 Å². The minimum absolute atomic E-state index is 0.186. The first-order valence-electron chi connectivity index (χ1n) is 5.18. The van der Waals surface area contributed by atoms with Crippen LogP contribution in [0.5, 0.6) is 0 Å². The van der Waals surface area contributed by atoms with Crippen LogP contribution in [0.4, 0.5) is 4.39 Å². The van der Waals surface area contributed by atoms with E-state index in [1.807, 2.05) is 24.3 Å². The summed E-state index contributed by atoms with van der Waals surface area (Å²) in [5.41, 5.74) is 2.55. The molecule has 0 spiro atoms. The Balaban J connectivity index is 2.25. The molecule has 0 atom stereocenters. The fourth-order valence-electron chi connectivity index (χ4n) is 1.62. The molecule has 0 saturated heterocycles. The van der Waals surface area contributed by atoms with Gasteiger partial charge in [-0.25, -0.2) is 4.39 Å².